The van der Waals surface area contributed by atoms with Crippen molar-refractivity contribution < 1.29 is 4.74 Å². The largest absolute Gasteiger partial charge is 0.377 e. The Bertz CT molecular complexity index is 384. The van der Waals surface area contributed by atoms with Gasteiger partial charge in [0.05, 0.1) is 19.3 Å². The fraction of sp³-hybridized carbons (Fsp3) is 0.636. The molecule has 0 saturated carbocycles. The zero-order chi connectivity index (χ0) is 12.3. The number of ether oxygens (including phenoxy) is 1. The molecule has 94 valence electrons. The molecule has 1 unspecified atom stereocenters. The van der Waals surface area contributed by atoms with Crippen molar-refractivity contribution in [3.63, 3.8) is 0 Å². The molecule has 1 aromatic rings. The topological polar surface area (TPSA) is 76.3 Å². The van der Waals surface area contributed by atoms with E-state index >= 15 is 0 Å². The van der Waals surface area contributed by atoms with Gasteiger partial charge in [-0.05, 0) is 6.42 Å². The Labute approximate surface area is 101 Å². The van der Waals surface area contributed by atoms with Gasteiger partial charge in [0.25, 0.3) is 0 Å². The molecule has 0 amide bonds. The van der Waals surface area contributed by atoms with Crippen molar-refractivity contribution >= 4 is 17.6 Å². The fourth-order valence-corrected chi connectivity index (χ4v) is 2.02. The minimum atomic E-state index is 0.299. The second-order valence-electron chi connectivity index (χ2n) is 4.05. The molecule has 1 fully saturated rings. The van der Waals surface area contributed by atoms with Crippen LogP contribution in [0.25, 0.3) is 0 Å². The van der Waals surface area contributed by atoms with E-state index in [1.54, 1.807) is 0 Å². The first-order valence-corrected chi connectivity index (χ1v) is 5.91. The first kappa shape index (κ1) is 11.9. The van der Waals surface area contributed by atoms with E-state index in [0.29, 0.717) is 12.0 Å². The summed E-state index contributed by atoms with van der Waals surface area (Å²) in [5, 5.41) is 2.99. The number of rotatable bonds is 3. The molecule has 6 heteroatoms. The average Bonchev–Trinajstić information content (AvgIpc) is 2.37. The van der Waals surface area contributed by atoms with Gasteiger partial charge in [-0.2, -0.15) is 9.97 Å². The molecule has 0 spiro atoms. The van der Waals surface area contributed by atoms with E-state index in [9.17, 15) is 0 Å². The van der Waals surface area contributed by atoms with Gasteiger partial charge in [-0.3, -0.25) is 0 Å². The summed E-state index contributed by atoms with van der Waals surface area (Å²) in [5.41, 5.74) is 5.71. The molecule has 0 bridgehead atoms. The smallest absolute Gasteiger partial charge is 0.223 e. The molecule has 1 aliphatic heterocycles. The van der Waals surface area contributed by atoms with Gasteiger partial charge in [-0.25, -0.2) is 0 Å². The predicted molar refractivity (Wildman–Crippen MR) is 68.2 cm³/mol. The summed E-state index contributed by atoms with van der Waals surface area (Å²) in [6.07, 6.45) is 1.03. The van der Waals surface area contributed by atoms with E-state index in [-0.39, 0.29) is 0 Å². The maximum Gasteiger partial charge on any atom is 0.223 e. The Hall–Kier alpha value is -1.56. The van der Waals surface area contributed by atoms with Crippen molar-refractivity contribution in [1.29, 1.82) is 0 Å². The van der Waals surface area contributed by atoms with Gasteiger partial charge in [-0.15, -0.1) is 0 Å². The molecule has 6 nitrogen and oxygen atoms in total. The molecule has 1 saturated heterocycles. The summed E-state index contributed by atoms with van der Waals surface area (Å²) in [6.45, 7) is 4.47. The number of nitrogens with zero attached hydrogens (tertiary/aromatic N) is 3. The molecule has 0 radical (unpaired) electrons. The highest BCUT2D eigenvalue weighted by molar-refractivity contribution is 5.53. The van der Waals surface area contributed by atoms with Crippen LogP contribution in [0, 0.1) is 0 Å². The van der Waals surface area contributed by atoms with Crippen LogP contribution in [0.1, 0.15) is 13.3 Å². The van der Waals surface area contributed by atoms with Gasteiger partial charge in [-0.1, -0.05) is 6.92 Å². The zero-order valence-corrected chi connectivity index (χ0v) is 10.3. The van der Waals surface area contributed by atoms with E-state index in [4.69, 9.17) is 10.5 Å². The third-order valence-electron chi connectivity index (χ3n) is 2.98. The van der Waals surface area contributed by atoms with E-state index in [1.807, 2.05) is 13.1 Å². The van der Waals surface area contributed by atoms with Crippen LogP contribution in [0.2, 0.25) is 0 Å². The highest BCUT2D eigenvalue weighted by atomic mass is 16.5. The molecule has 1 aliphatic rings. The van der Waals surface area contributed by atoms with Crippen LogP contribution in [0.5, 0.6) is 0 Å². The molecule has 17 heavy (non-hydrogen) atoms. The number of nitrogen functional groups attached to an aromatic ring is 1. The summed E-state index contributed by atoms with van der Waals surface area (Å²) >= 11 is 0. The zero-order valence-electron chi connectivity index (χ0n) is 10.3. The van der Waals surface area contributed by atoms with E-state index in [2.05, 4.69) is 27.1 Å². The van der Waals surface area contributed by atoms with Gasteiger partial charge in [0.2, 0.25) is 5.95 Å². The van der Waals surface area contributed by atoms with Gasteiger partial charge in [0.15, 0.2) is 0 Å². The number of nitrogens with two attached hydrogens (primary N) is 1. The number of anilines is 3. The van der Waals surface area contributed by atoms with Crippen molar-refractivity contribution in [3.8, 4) is 0 Å². The first-order chi connectivity index (χ1) is 8.24. The van der Waals surface area contributed by atoms with Crippen LogP contribution in [0.4, 0.5) is 17.6 Å². The van der Waals surface area contributed by atoms with E-state index in [0.717, 1.165) is 37.8 Å². The summed E-state index contributed by atoms with van der Waals surface area (Å²) in [6, 6.07) is 2.28. The molecular formula is C11H19N5O. The molecule has 3 N–H and O–H groups in total. The van der Waals surface area contributed by atoms with Crippen LogP contribution >= 0.6 is 0 Å². The average molecular weight is 237 g/mol. The third kappa shape index (κ3) is 2.58. The normalized spacial score (nSPS) is 20.4. The SMILES string of the molecule is CCC1COCCN1c1cc(NC)nc(N)n1. The lowest BCUT2D eigenvalue weighted by molar-refractivity contribution is 0.0926. The number of hydrogen-bond donors (Lipinski definition) is 2. The Morgan fingerprint density at radius 2 is 2.41 bits per heavy atom. The summed E-state index contributed by atoms with van der Waals surface area (Å²) in [4.78, 5) is 10.6. The van der Waals surface area contributed by atoms with Crippen molar-refractivity contribution in [2.75, 3.05) is 42.8 Å². The lowest BCUT2D eigenvalue weighted by Gasteiger charge is -2.36. The van der Waals surface area contributed by atoms with Gasteiger partial charge >= 0.3 is 0 Å². The molecule has 2 heterocycles. The van der Waals surface area contributed by atoms with Crippen molar-refractivity contribution in [2.45, 2.75) is 19.4 Å². The molecule has 1 aromatic heterocycles. The second kappa shape index (κ2) is 5.18. The molecular weight excluding hydrogens is 218 g/mol. The Kier molecular flexibility index (Phi) is 3.63. The van der Waals surface area contributed by atoms with Crippen LogP contribution in [-0.2, 0) is 4.74 Å². The van der Waals surface area contributed by atoms with Crippen LogP contribution < -0.4 is 16.0 Å². The van der Waals surface area contributed by atoms with Crippen molar-refractivity contribution in [3.05, 3.63) is 6.07 Å². The van der Waals surface area contributed by atoms with Gasteiger partial charge in [0, 0.05) is 19.7 Å². The van der Waals surface area contributed by atoms with Crippen LogP contribution in [-0.4, -0.2) is 42.8 Å². The summed E-state index contributed by atoms with van der Waals surface area (Å²) in [7, 11) is 1.82. The summed E-state index contributed by atoms with van der Waals surface area (Å²) in [5.74, 6) is 1.92. The number of hydrogen-bond acceptors (Lipinski definition) is 6. The standard InChI is InChI=1S/C11H19N5O/c1-3-8-7-17-5-4-16(8)10-6-9(13-2)14-11(12)15-10/h6,8H,3-5,7H2,1-2H3,(H3,12,13,14,15). The first-order valence-electron chi connectivity index (χ1n) is 5.91. The minimum absolute atomic E-state index is 0.299. The lowest BCUT2D eigenvalue weighted by Crippen LogP contribution is -2.45. The monoisotopic (exact) mass is 237 g/mol. The Morgan fingerprint density at radius 3 is 3.12 bits per heavy atom. The number of morpholine rings is 1. The Morgan fingerprint density at radius 1 is 1.59 bits per heavy atom. The maximum absolute atomic E-state index is 5.71. The second-order valence-corrected chi connectivity index (χ2v) is 4.05. The lowest BCUT2D eigenvalue weighted by atomic mass is 10.2. The van der Waals surface area contributed by atoms with E-state index in [1.165, 1.54) is 0 Å². The molecule has 2 rings (SSSR count). The number of nitrogens with one attached hydrogen (secondary N) is 1. The number of aromatic nitrogens is 2. The molecule has 1 atom stereocenters. The maximum atomic E-state index is 5.71. The fourth-order valence-electron chi connectivity index (χ4n) is 2.02. The quantitative estimate of drug-likeness (QED) is 0.806. The predicted octanol–water partition coefficient (Wildman–Crippen LogP) is 0.716. The minimum Gasteiger partial charge on any atom is -0.377 e. The third-order valence-corrected chi connectivity index (χ3v) is 2.98. The van der Waals surface area contributed by atoms with Gasteiger partial charge < -0.3 is 20.7 Å². The van der Waals surface area contributed by atoms with Crippen molar-refractivity contribution in [2.24, 2.45) is 0 Å². The highest BCUT2D eigenvalue weighted by Crippen LogP contribution is 2.22. The Balaban J connectivity index is 2.27. The molecule has 0 aliphatic carbocycles. The summed E-state index contributed by atoms with van der Waals surface area (Å²) < 4.78 is 5.48. The van der Waals surface area contributed by atoms with Crippen molar-refractivity contribution in [1.82, 2.24) is 9.97 Å². The van der Waals surface area contributed by atoms with Gasteiger partial charge in [0.1, 0.15) is 11.6 Å². The molecule has 0 aromatic carbocycles. The van der Waals surface area contributed by atoms with Crippen LogP contribution in [0.3, 0.4) is 0 Å². The van der Waals surface area contributed by atoms with E-state index < -0.39 is 0 Å². The van der Waals surface area contributed by atoms with Crippen LogP contribution in [0.15, 0.2) is 6.07 Å². The highest BCUT2D eigenvalue weighted by Gasteiger charge is 2.23.